The summed E-state index contributed by atoms with van der Waals surface area (Å²) >= 11 is 0. The molecular formula is C25H29N2O3+. The molecule has 0 fully saturated rings. The SMILES string of the molecule is COc1ccc(CCC(=O)NC[C@@H](c2ccco2)[NH+]2CCc3ccccc3C2)cc1. The number of amides is 1. The number of quaternary nitrogens is 1. The highest BCUT2D eigenvalue weighted by Crippen LogP contribution is 2.16. The maximum atomic E-state index is 12.5. The maximum Gasteiger partial charge on any atom is 0.220 e. The van der Waals surface area contributed by atoms with E-state index in [1.165, 1.54) is 16.0 Å². The molecule has 4 rings (SSSR count). The van der Waals surface area contributed by atoms with Gasteiger partial charge in [-0.25, -0.2) is 0 Å². The molecule has 0 bridgehead atoms. The molecule has 2 heterocycles. The molecule has 1 aromatic heterocycles. The van der Waals surface area contributed by atoms with Crippen molar-refractivity contribution >= 4 is 5.91 Å². The number of ether oxygens (including phenoxy) is 1. The van der Waals surface area contributed by atoms with Gasteiger partial charge in [0.15, 0.2) is 11.8 Å². The molecule has 1 amide bonds. The van der Waals surface area contributed by atoms with Gasteiger partial charge in [-0.05, 0) is 41.8 Å². The normalized spacial score (nSPS) is 16.5. The summed E-state index contributed by atoms with van der Waals surface area (Å²) in [5, 5.41) is 3.14. The Morgan fingerprint density at radius 2 is 1.90 bits per heavy atom. The summed E-state index contributed by atoms with van der Waals surface area (Å²) in [6.07, 6.45) is 3.94. The minimum atomic E-state index is 0.0687. The quantitative estimate of drug-likeness (QED) is 0.606. The third-order valence-electron chi connectivity index (χ3n) is 5.93. The number of hydrogen-bond acceptors (Lipinski definition) is 3. The van der Waals surface area contributed by atoms with Gasteiger partial charge < -0.3 is 19.4 Å². The van der Waals surface area contributed by atoms with Crippen molar-refractivity contribution < 1.29 is 18.8 Å². The van der Waals surface area contributed by atoms with Gasteiger partial charge in [-0.2, -0.15) is 0 Å². The first-order chi connectivity index (χ1) is 14.7. The highest BCUT2D eigenvalue weighted by atomic mass is 16.5. The van der Waals surface area contributed by atoms with Crippen molar-refractivity contribution in [1.82, 2.24) is 5.32 Å². The molecule has 1 unspecified atom stereocenters. The van der Waals surface area contributed by atoms with Gasteiger partial charge in [0.05, 0.1) is 26.5 Å². The number of methoxy groups -OCH3 is 1. The molecule has 156 valence electrons. The van der Waals surface area contributed by atoms with E-state index >= 15 is 0 Å². The van der Waals surface area contributed by atoms with Crippen LogP contribution in [0.3, 0.4) is 0 Å². The van der Waals surface area contributed by atoms with Crippen LogP contribution in [-0.4, -0.2) is 26.1 Å². The van der Waals surface area contributed by atoms with Crippen molar-refractivity contribution in [3.05, 3.63) is 89.4 Å². The van der Waals surface area contributed by atoms with Gasteiger partial charge in [0.25, 0.3) is 0 Å². The predicted octanol–water partition coefficient (Wildman–Crippen LogP) is 2.72. The van der Waals surface area contributed by atoms with Gasteiger partial charge in [0.1, 0.15) is 12.3 Å². The second-order valence-corrected chi connectivity index (χ2v) is 7.82. The summed E-state index contributed by atoms with van der Waals surface area (Å²) in [6.45, 7) is 2.56. The average Bonchev–Trinajstić information content (AvgIpc) is 3.32. The van der Waals surface area contributed by atoms with Crippen LogP contribution < -0.4 is 15.0 Å². The second-order valence-electron chi connectivity index (χ2n) is 7.82. The number of carbonyl (C=O) groups excluding carboxylic acids is 1. The number of aryl methyl sites for hydroxylation is 1. The predicted molar refractivity (Wildman–Crippen MR) is 115 cm³/mol. The Labute approximate surface area is 177 Å². The minimum absolute atomic E-state index is 0.0687. The molecule has 2 atom stereocenters. The molecule has 0 aliphatic carbocycles. The van der Waals surface area contributed by atoms with Crippen molar-refractivity contribution in [2.45, 2.75) is 31.8 Å². The standard InChI is InChI=1S/C25H28N2O3/c1-29-22-11-8-19(9-12-22)10-13-25(28)26-17-23(24-7-4-16-30-24)27-15-14-20-5-2-3-6-21(20)18-27/h2-9,11-12,16,23H,10,13-15,17-18H2,1H3,(H,26,28)/p+1/t23-/m0/s1. The first kappa shape index (κ1) is 20.2. The molecular weight excluding hydrogens is 376 g/mol. The topological polar surface area (TPSA) is 55.9 Å². The molecule has 0 spiro atoms. The van der Waals surface area contributed by atoms with Crippen LogP contribution in [0.4, 0.5) is 0 Å². The zero-order valence-corrected chi connectivity index (χ0v) is 17.4. The minimum Gasteiger partial charge on any atom is -0.497 e. The lowest BCUT2D eigenvalue weighted by Gasteiger charge is -2.31. The van der Waals surface area contributed by atoms with E-state index in [-0.39, 0.29) is 11.9 Å². The molecule has 0 radical (unpaired) electrons. The first-order valence-electron chi connectivity index (χ1n) is 10.6. The third-order valence-corrected chi connectivity index (χ3v) is 5.93. The zero-order chi connectivity index (χ0) is 20.8. The van der Waals surface area contributed by atoms with E-state index in [1.807, 2.05) is 36.4 Å². The van der Waals surface area contributed by atoms with Crippen molar-refractivity contribution in [3.8, 4) is 5.75 Å². The lowest BCUT2D eigenvalue weighted by molar-refractivity contribution is -0.946. The first-order valence-corrected chi connectivity index (χ1v) is 10.6. The summed E-state index contributed by atoms with van der Waals surface area (Å²) in [5.74, 6) is 1.83. The van der Waals surface area contributed by atoms with Crippen LogP contribution in [-0.2, 0) is 24.2 Å². The van der Waals surface area contributed by atoms with Crippen LogP contribution in [0.2, 0.25) is 0 Å². The fraction of sp³-hybridized carbons (Fsp3) is 0.320. The Hall–Kier alpha value is -3.05. The van der Waals surface area contributed by atoms with Crippen molar-refractivity contribution in [1.29, 1.82) is 0 Å². The number of fused-ring (bicyclic) bond motifs is 1. The van der Waals surface area contributed by atoms with Gasteiger partial charge in [-0.3, -0.25) is 4.79 Å². The van der Waals surface area contributed by atoms with Crippen LogP contribution in [0, 0.1) is 0 Å². The van der Waals surface area contributed by atoms with Crippen molar-refractivity contribution in [2.75, 3.05) is 20.2 Å². The Morgan fingerprint density at radius 1 is 1.10 bits per heavy atom. The molecule has 2 N–H and O–H groups in total. The Bertz CT molecular complexity index is 951. The highest BCUT2D eigenvalue weighted by molar-refractivity contribution is 5.76. The number of hydrogen-bond donors (Lipinski definition) is 2. The molecule has 2 aromatic carbocycles. The molecule has 1 aliphatic rings. The van der Waals surface area contributed by atoms with Gasteiger partial charge in [-0.15, -0.1) is 0 Å². The maximum absolute atomic E-state index is 12.5. The number of furan rings is 1. The Balaban J connectivity index is 1.35. The van der Waals surface area contributed by atoms with Gasteiger partial charge >= 0.3 is 0 Å². The lowest BCUT2D eigenvalue weighted by Crippen LogP contribution is -3.12. The Morgan fingerprint density at radius 3 is 2.63 bits per heavy atom. The van der Waals surface area contributed by atoms with Gasteiger partial charge in [0.2, 0.25) is 5.91 Å². The number of nitrogens with one attached hydrogen (secondary N) is 2. The van der Waals surface area contributed by atoms with E-state index in [0.717, 1.165) is 36.6 Å². The van der Waals surface area contributed by atoms with E-state index in [0.29, 0.717) is 19.4 Å². The van der Waals surface area contributed by atoms with Crippen molar-refractivity contribution in [3.63, 3.8) is 0 Å². The summed E-state index contributed by atoms with van der Waals surface area (Å²) in [6, 6.07) is 20.6. The summed E-state index contributed by atoms with van der Waals surface area (Å²) < 4.78 is 10.9. The van der Waals surface area contributed by atoms with Crippen LogP contribution in [0.1, 0.15) is 34.9 Å². The summed E-state index contributed by atoms with van der Waals surface area (Å²) in [5.41, 5.74) is 3.95. The fourth-order valence-electron chi connectivity index (χ4n) is 4.19. The van der Waals surface area contributed by atoms with E-state index in [1.54, 1.807) is 13.4 Å². The average molecular weight is 406 g/mol. The fourth-order valence-corrected chi connectivity index (χ4v) is 4.19. The third kappa shape index (κ3) is 4.92. The van der Waals surface area contributed by atoms with E-state index in [2.05, 4.69) is 29.6 Å². The van der Waals surface area contributed by atoms with E-state index in [9.17, 15) is 4.79 Å². The van der Waals surface area contributed by atoms with Crippen LogP contribution in [0.5, 0.6) is 5.75 Å². The summed E-state index contributed by atoms with van der Waals surface area (Å²) in [7, 11) is 1.65. The Kier molecular flexibility index (Phi) is 6.50. The second kappa shape index (κ2) is 9.63. The molecule has 30 heavy (non-hydrogen) atoms. The van der Waals surface area contributed by atoms with Crippen molar-refractivity contribution in [2.24, 2.45) is 0 Å². The number of benzene rings is 2. The van der Waals surface area contributed by atoms with Gasteiger partial charge in [-0.1, -0.05) is 36.4 Å². The van der Waals surface area contributed by atoms with E-state index < -0.39 is 0 Å². The van der Waals surface area contributed by atoms with Crippen LogP contribution in [0.25, 0.3) is 0 Å². The zero-order valence-electron chi connectivity index (χ0n) is 17.4. The molecule has 5 heteroatoms. The monoisotopic (exact) mass is 405 g/mol. The summed E-state index contributed by atoms with van der Waals surface area (Å²) in [4.78, 5) is 13.9. The van der Waals surface area contributed by atoms with E-state index in [4.69, 9.17) is 9.15 Å². The number of rotatable bonds is 8. The molecule has 3 aromatic rings. The molecule has 0 saturated carbocycles. The number of carbonyl (C=O) groups is 1. The van der Waals surface area contributed by atoms with Gasteiger partial charge in [0, 0.05) is 18.4 Å². The van der Waals surface area contributed by atoms with Crippen LogP contribution >= 0.6 is 0 Å². The molecule has 1 aliphatic heterocycles. The van der Waals surface area contributed by atoms with Crippen LogP contribution in [0.15, 0.2) is 71.3 Å². The smallest absolute Gasteiger partial charge is 0.220 e. The molecule has 5 nitrogen and oxygen atoms in total. The largest absolute Gasteiger partial charge is 0.497 e. The highest BCUT2D eigenvalue weighted by Gasteiger charge is 2.30. The lowest BCUT2D eigenvalue weighted by atomic mass is 9.98. The molecule has 0 saturated heterocycles.